The molecular formula is C27H36CaN2O8S2. The smallest absolute Gasteiger partial charge is 1.00 e. The summed E-state index contributed by atoms with van der Waals surface area (Å²) in [5, 5.41) is 10.5. The summed E-state index contributed by atoms with van der Waals surface area (Å²) in [7, 11) is -9.95. The average molecular weight is 621 g/mol. The summed E-state index contributed by atoms with van der Waals surface area (Å²) in [6.07, 6.45) is 7.35. The van der Waals surface area contributed by atoms with E-state index in [1.54, 1.807) is 24.3 Å². The number of phenols is 1. The zero-order valence-corrected chi connectivity index (χ0v) is 26.8. The molecular weight excluding hydrogens is 585 g/mol. The minimum Gasteiger partial charge on any atom is -1.00 e. The van der Waals surface area contributed by atoms with Crippen LogP contribution in [0.5, 0.6) is 5.75 Å². The van der Waals surface area contributed by atoms with Gasteiger partial charge in [-0.15, -0.1) is 0 Å². The van der Waals surface area contributed by atoms with Gasteiger partial charge in [0.05, 0.1) is 0 Å². The first-order valence-electron chi connectivity index (χ1n) is 12.3. The van der Waals surface area contributed by atoms with Gasteiger partial charge in [0, 0.05) is 36.5 Å². The van der Waals surface area contributed by atoms with Gasteiger partial charge in [-0.25, -0.2) is 4.58 Å². The van der Waals surface area contributed by atoms with Crippen molar-refractivity contribution in [2.24, 2.45) is 0 Å². The predicted molar refractivity (Wildman–Crippen MR) is 158 cm³/mol. The van der Waals surface area contributed by atoms with Gasteiger partial charge in [-0.3, -0.25) is 9.11 Å². The van der Waals surface area contributed by atoms with Crippen molar-refractivity contribution in [1.29, 1.82) is 0 Å². The number of benzene rings is 2. The van der Waals surface area contributed by atoms with Crippen LogP contribution in [0.2, 0.25) is 0 Å². The van der Waals surface area contributed by atoms with Crippen molar-refractivity contribution in [3.05, 3.63) is 77.4 Å². The summed E-state index contributed by atoms with van der Waals surface area (Å²) in [6, 6.07) is 8.84. The quantitative estimate of drug-likeness (QED) is 0.215. The molecule has 0 saturated heterocycles. The fourth-order valence-corrected chi connectivity index (χ4v) is 5.87. The van der Waals surface area contributed by atoms with E-state index in [0.717, 1.165) is 43.6 Å². The predicted octanol–water partition coefficient (Wildman–Crippen LogP) is 3.82. The molecule has 13 heteroatoms. The monoisotopic (exact) mass is 620 g/mol. The van der Waals surface area contributed by atoms with Gasteiger partial charge in [0.25, 0.3) is 20.2 Å². The minimum absolute atomic E-state index is 0. The van der Waals surface area contributed by atoms with Crippen LogP contribution in [0.15, 0.2) is 76.1 Å². The van der Waals surface area contributed by atoms with Crippen LogP contribution in [0.25, 0.3) is 5.57 Å². The Morgan fingerprint density at radius 1 is 0.825 bits per heavy atom. The van der Waals surface area contributed by atoms with Crippen molar-refractivity contribution in [1.82, 2.24) is 0 Å². The van der Waals surface area contributed by atoms with Gasteiger partial charge in [0.15, 0.2) is 5.71 Å². The fourth-order valence-electron chi connectivity index (χ4n) is 4.50. The number of rotatable bonds is 9. The molecule has 0 spiro atoms. The van der Waals surface area contributed by atoms with Crippen molar-refractivity contribution in [3.63, 3.8) is 0 Å². The molecule has 0 saturated carbocycles. The Kier molecular flexibility index (Phi) is 13.3. The molecule has 0 aliphatic heterocycles. The van der Waals surface area contributed by atoms with E-state index < -0.39 is 35.8 Å². The van der Waals surface area contributed by atoms with Crippen LogP contribution in [0, 0.1) is 0 Å². The van der Waals surface area contributed by atoms with Gasteiger partial charge in [-0.2, -0.15) is 16.8 Å². The van der Waals surface area contributed by atoms with Crippen LogP contribution in [0.1, 0.15) is 41.7 Å². The molecule has 3 rings (SSSR count). The van der Waals surface area contributed by atoms with E-state index in [2.05, 4.69) is 9.48 Å². The Morgan fingerprint density at radius 3 is 1.75 bits per heavy atom. The molecule has 0 radical (unpaired) electrons. The average Bonchev–Trinajstić information content (AvgIpc) is 2.86. The van der Waals surface area contributed by atoms with E-state index in [0.29, 0.717) is 22.8 Å². The maximum absolute atomic E-state index is 12.4. The maximum atomic E-state index is 12.4. The zero-order chi connectivity index (χ0) is 28.3. The van der Waals surface area contributed by atoms with Crippen LogP contribution in [0.4, 0.5) is 5.69 Å². The fraction of sp³-hybridized carbons (Fsp3) is 0.296. The number of allylic oxidation sites excluding steroid dienone is 5. The Bertz CT molecular complexity index is 1540. The van der Waals surface area contributed by atoms with Crippen molar-refractivity contribution in [2.75, 3.05) is 31.1 Å². The van der Waals surface area contributed by atoms with Crippen LogP contribution >= 0.6 is 0 Å². The van der Waals surface area contributed by atoms with Crippen molar-refractivity contribution >= 4 is 74.9 Å². The van der Waals surface area contributed by atoms with Gasteiger partial charge in [0.2, 0.25) is 0 Å². The third kappa shape index (κ3) is 8.04. The van der Waals surface area contributed by atoms with Crippen LogP contribution in [0.3, 0.4) is 0 Å². The Labute approximate surface area is 268 Å². The van der Waals surface area contributed by atoms with E-state index in [9.17, 15) is 31.0 Å². The number of anilines is 1. The molecule has 10 nitrogen and oxygen atoms in total. The second kappa shape index (κ2) is 14.7. The van der Waals surface area contributed by atoms with Crippen molar-refractivity contribution < 1.29 is 44.0 Å². The van der Waals surface area contributed by atoms with E-state index >= 15 is 0 Å². The summed E-state index contributed by atoms with van der Waals surface area (Å²) >= 11 is 0. The molecule has 0 atom stereocenters. The molecule has 4 N–H and O–H groups in total. The molecule has 2 aromatic rings. The van der Waals surface area contributed by atoms with Crippen molar-refractivity contribution in [3.8, 4) is 5.75 Å². The van der Waals surface area contributed by atoms with Gasteiger partial charge >= 0.3 is 37.7 Å². The summed E-state index contributed by atoms with van der Waals surface area (Å²) in [5.41, 5.74) is 3.26. The SMILES string of the molecule is CCN(CC)c1ccc(C(=C2C=CC(=[N+](CC)CC)C=C2)c2cc(O)c(S(=O)(=O)O)cc2S(=O)(=O)O)cc1.[Ca+2].[H-].[H-].[OH-]. The normalized spacial score (nSPS) is 12.9. The van der Waals surface area contributed by atoms with Crippen LogP contribution < -0.4 is 4.90 Å². The van der Waals surface area contributed by atoms with Gasteiger partial charge in [-0.05, 0) is 80.8 Å². The molecule has 40 heavy (non-hydrogen) atoms. The molecule has 1 aliphatic carbocycles. The van der Waals surface area contributed by atoms with Gasteiger partial charge in [-0.1, -0.05) is 12.1 Å². The van der Waals surface area contributed by atoms with Crippen LogP contribution in [-0.4, -0.2) is 111 Å². The molecule has 0 fully saturated rings. The molecule has 216 valence electrons. The van der Waals surface area contributed by atoms with Gasteiger partial charge in [0.1, 0.15) is 28.6 Å². The van der Waals surface area contributed by atoms with Crippen LogP contribution in [-0.2, 0) is 20.2 Å². The summed E-state index contributed by atoms with van der Waals surface area (Å²) in [4.78, 5) is 0.346. The van der Waals surface area contributed by atoms with Crippen molar-refractivity contribution in [2.45, 2.75) is 37.5 Å². The molecule has 0 bridgehead atoms. The number of nitrogens with zero attached hydrogens (tertiary/aromatic N) is 2. The molecule has 0 aromatic heterocycles. The summed E-state index contributed by atoms with van der Waals surface area (Å²) in [6.45, 7) is 11.3. The second-order valence-corrected chi connectivity index (χ2v) is 11.4. The Hall–Kier alpha value is -2.03. The second-order valence-electron chi connectivity index (χ2n) is 8.58. The summed E-state index contributed by atoms with van der Waals surface area (Å²) in [5.74, 6) is -0.855. The molecule has 1 aliphatic rings. The third-order valence-corrected chi connectivity index (χ3v) is 8.23. The third-order valence-electron chi connectivity index (χ3n) is 6.46. The maximum Gasteiger partial charge on any atom is 2.00 e. The number of hydrogen-bond acceptors (Lipinski definition) is 7. The van der Waals surface area contributed by atoms with E-state index in [1.807, 2.05) is 52.0 Å². The largest absolute Gasteiger partial charge is 2.00 e. The summed E-state index contributed by atoms with van der Waals surface area (Å²) < 4.78 is 70.1. The van der Waals surface area contributed by atoms with E-state index in [1.165, 1.54) is 0 Å². The molecule has 0 amide bonds. The zero-order valence-electron chi connectivity index (χ0n) is 24.9. The Morgan fingerprint density at radius 2 is 1.32 bits per heavy atom. The number of hydrogen-bond donors (Lipinski definition) is 3. The van der Waals surface area contributed by atoms with E-state index in [-0.39, 0.29) is 51.6 Å². The molecule has 0 unspecified atom stereocenters. The minimum atomic E-state index is -4.98. The number of aromatic hydroxyl groups is 1. The first kappa shape index (κ1) is 36.0. The van der Waals surface area contributed by atoms with E-state index in [4.69, 9.17) is 0 Å². The van der Waals surface area contributed by atoms with Gasteiger partial charge < -0.3 is 18.3 Å². The number of phenolic OH excluding ortho intramolecular Hbond substituents is 1. The standard InChI is InChI=1S/C27H32N2O7S2.Ca.H2O.2H/c1-5-28(6-2)21-13-9-19(10-14-21)27(20-11-15-22(16-12-20)29(7-3)8-4)23-17-24(30)26(38(34,35)36)18-25(23)37(31,32)33;;;;/h9-18H,5-8H2,1-4H3,(H2-,30,31,32,33,34,35,36);;1H2;;/q;+2;;2*-1. The Balaban J connectivity index is 0. The first-order chi connectivity index (χ1) is 17.8. The first-order valence-corrected chi connectivity index (χ1v) is 15.1. The topological polar surface area (TPSA) is 165 Å². The molecule has 2 aromatic carbocycles. The molecule has 0 heterocycles.